The Bertz CT molecular complexity index is 6500. The van der Waals surface area contributed by atoms with Crippen LogP contribution in [0.25, 0.3) is 9.69 Å². The molecule has 9 aliphatic rings. The van der Waals surface area contributed by atoms with Crippen LogP contribution >= 0.6 is 11.6 Å². The second-order valence-electron chi connectivity index (χ2n) is 36.9. The third kappa shape index (κ3) is 24.4. The number of aromatic nitrogens is 10. The molecule has 0 unspecified atom stereocenters. The quantitative estimate of drug-likeness (QED) is 0.0317. The van der Waals surface area contributed by atoms with Gasteiger partial charge in [0, 0.05) is 142 Å². The van der Waals surface area contributed by atoms with Crippen molar-refractivity contribution in [3.63, 3.8) is 0 Å². The van der Waals surface area contributed by atoms with Crippen LogP contribution in [0, 0.1) is 36.3 Å². The minimum atomic E-state index is -3.97. The molecule has 43 nitrogen and oxygen atoms in total. The summed E-state index contributed by atoms with van der Waals surface area (Å²) in [7, 11) is -18.4. The Kier molecular flexibility index (Phi) is 32.2. The zero-order valence-corrected chi connectivity index (χ0v) is 83.8. The highest BCUT2D eigenvalue weighted by Gasteiger charge is 2.45. The van der Waals surface area contributed by atoms with E-state index in [1.165, 1.54) is 74.3 Å². The fourth-order valence-corrected chi connectivity index (χ4v) is 30.3. The molecular weight excluding hydrogens is 1920 g/mol. The van der Waals surface area contributed by atoms with E-state index in [0.717, 1.165) is 134 Å². The zero-order chi connectivity index (χ0) is 99.1. The van der Waals surface area contributed by atoms with Gasteiger partial charge in [-0.25, -0.2) is 58.7 Å². The van der Waals surface area contributed by atoms with Crippen molar-refractivity contribution in [1.82, 2.24) is 75.1 Å². The molecule has 8 saturated heterocycles. The number of pyridine rings is 1. The number of likely N-dealkylation sites (N-methyl/N-ethyl adjacent to an activating group) is 4. The molecule has 1 saturated carbocycles. The first-order valence-electron chi connectivity index (χ1n) is 46.2. The third-order valence-corrected chi connectivity index (χ3v) is 39.8. The van der Waals surface area contributed by atoms with Gasteiger partial charge in [-0.05, 0) is 153 Å². The average molecular weight is 2040 g/mol. The number of hydrogen-bond donors (Lipinski definition) is 10. The number of carbonyl (C=O) groups excluding carboxylic acids is 4. The molecule has 8 aromatic rings. The third-order valence-electron chi connectivity index (χ3n) is 27.3. The Hall–Kier alpha value is -10.8. The van der Waals surface area contributed by atoms with Crippen molar-refractivity contribution in [3.05, 3.63) is 159 Å². The number of hydrogen-bond acceptors (Lipinski definition) is 27. The van der Waals surface area contributed by atoms with Gasteiger partial charge < -0.3 is 65.6 Å². The predicted octanol–water partition coefficient (Wildman–Crippen LogP) is 9.77. The molecule has 9 fully saturated rings. The van der Waals surface area contributed by atoms with Gasteiger partial charge in [-0.3, -0.25) is 24.2 Å². The van der Waals surface area contributed by atoms with Crippen LogP contribution in [0.5, 0.6) is 5.88 Å². The highest BCUT2D eigenvalue weighted by Crippen LogP contribution is 2.49. The fourth-order valence-electron chi connectivity index (χ4n) is 19.3. The molecule has 10 N–H and O–H groups in total. The summed E-state index contributed by atoms with van der Waals surface area (Å²) in [5.41, 5.74) is 7.95. The van der Waals surface area contributed by atoms with Crippen LogP contribution in [0.15, 0.2) is 85.3 Å². The number of aromatic amines is 4. The summed E-state index contributed by atoms with van der Waals surface area (Å²) in [6.07, 6.45) is 19.5. The van der Waals surface area contributed by atoms with E-state index in [1.807, 2.05) is 38.1 Å². The van der Waals surface area contributed by atoms with Crippen molar-refractivity contribution in [2.45, 2.75) is 148 Å². The topological polar surface area (TPSA) is 532 Å². The lowest BCUT2D eigenvalue weighted by Crippen LogP contribution is -2.52. The van der Waals surface area contributed by atoms with E-state index >= 15 is 0 Å². The van der Waals surface area contributed by atoms with Gasteiger partial charge in [0.25, 0.3) is 38.1 Å². The first-order chi connectivity index (χ1) is 65.5. The lowest BCUT2D eigenvalue weighted by atomic mass is 9.77. The summed E-state index contributed by atoms with van der Waals surface area (Å²) in [5.74, 6) is -2.22. The molecule has 50 heteroatoms. The van der Waals surface area contributed by atoms with E-state index in [2.05, 4.69) is 122 Å². The van der Waals surface area contributed by atoms with E-state index in [0.29, 0.717) is 111 Å². The van der Waals surface area contributed by atoms with Gasteiger partial charge in [0.2, 0.25) is 51.8 Å². The first kappa shape index (κ1) is 103. The second kappa shape index (κ2) is 43.1. The molecule has 0 bridgehead atoms. The Morgan fingerprint density at radius 1 is 0.500 bits per heavy atom. The molecule has 13 heterocycles. The number of benzene rings is 3. The van der Waals surface area contributed by atoms with E-state index in [4.69, 9.17) is 29.7 Å². The number of carbonyl (C=O) groups is 4. The van der Waals surface area contributed by atoms with E-state index in [-0.39, 0.29) is 80.9 Å². The van der Waals surface area contributed by atoms with Crippen molar-refractivity contribution in [2.24, 2.45) is 23.2 Å². The summed E-state index contributed by atoms with van der Waals surface area (Å²) < 4.78 is 157. The number of aromatic hydroxyl groups is 1. The van der Waals surface area contributed by atoms with Gasteiger partial charge in [0.1, 0.15) is 5.15 Å². The molecule has 138 heavy (non-hydrogen) atoms. The average Bonchev–Trinajstić information content (AvgIpc) is 0.954. The molecule has 8 aliphatic heterocycles. The number of imidazole rings is 3. The predicted molar refractivity (Wildman–Crippen MR) is 525 cm³/mol. The van der Waals surface area contributed by atoms with Crippen LogP contribution in [-0.4, -0.2) is 286 Å². The Labute approximate surface area is 810 Å². The highest BCUT2D eigenvalue weighted by atomic mass is 35.5. The summed E-state index contributed by atoms with van der Waals surface area (Å²) >= 11 is 5.88. The molecule has 5 aromatic heterocycles. The number of piperidine rings is 4. The van der Waals surface area contributed by atoms with Gasteiger partial charge >= 0.3 is 23.6 Å². The molecule has 4 amide bonds. The van der Waals surface area contributed by atoms with Crippen molar-refractivity contribution in [2.75, 3.05) is 177 Å². The zero-order valence-electron chi connectivity index (χ0n) is 78.2. The maximum absolute atomic E-state index is 12.8. The van der Waals surface area contributed by atoms with Gasteiger partial charge in [-0.2, -0.15) is 34.1 Å². The SMILES string of the molecule is CCCC1CCN(c2cc(C3CN(C)S(=O)(=O)N(C)C3)ccc2NC(=O)c2ncc(O)[nH]2)CC1.CCN1CC(c2ccc(NC(=O)c3ncc(Cl)[nH]3)c(N3CCC(C)CC3)n2)CN(CC)S1(=O)=O.[C-]#[N+]c1cnc(C(=O)Nc2ccc(C3CS(=O)(=O)N(C)S(=O)(=O)C3)cc2N2CCC(C)CC2)[nH]1.[C-]#[N+]c1nc(C(=O)Nc2ccc(C3CS(=O)(=O)NS(=O)(=O)C3)cc2N2CCC3(CCCC3)CC2)n[nH]1. The van der Waals surface area contributed by atoms with Gasteiger partial charge in [0.05, 0.1) is 81.4 Å². The molecule has 0 radical (unpaired) electrons. The number of nitrogens with zero attached hydrogens (tertiary/aromatic N) is 17. The molecule has 3 aromatic carbocycles. The summed E-state index contributed by atoms with van der Waals surface area (Å²) in [6.45, 7) is 33.3. The summed E-state index contributed by atoms with van der Waals surface area (Å²) in [5, 5.41) is 27.4. The van der Waals surface area contributed by atoms with Crippen molar-refractivity contribution in [1.29, 1.82) is 0 Å². The van der Waals surface area contributed by atoms with Gasteiger partial charge in [-0.15, -0.1) is 15.7 Å². The molecular formula is C88H119ClN26O17S6. The fraction of sp³-hybridized carbons (Fsp3) is 0.545. The van der Waals surface area contributed by atoms with Crippen molar-refractivity contribution in [3.8, 4) is 5.88 Å². The molecule has 0 atom stereocenters. The molecule has 17 rings (SSSR count). The number of halogens is 1. The lowest BCUT2D eigenvalue weighted by Gasteiger charge is -2.41. The van der Waals surface area contributed by atoms with E-state index in [1.54, 1.807) is 54.6 Å². The maximum atomic E-state index is 12.8. The highest BCUT2D eigenvalue weighted by molar-refractivity contribution is 8.05. The smallest absolute Gasteiger partial charge is 0.357 e. The van der Waals surface area contributed by atoms with E-state index in [9.17, 15) is 74.8 Å². The summed E-state index contributed by atoms with van der Waals surface area (Å²) in [4.78, 5) is 94.7. The van der Waals surface area contributed by atoms with Crippen LogP contribution in [0.2, 0.25) is 5.15 Å². The van der Waals surface area contributed by atoms with Gasteiger partial charge in [-0.1, -0.05) is 105 Å². The number of rotatable bonds is 20. The summed E-state index contributed by atoms with van der Waals surface area (Å²) in [6, 6.07) is 19.8. The minimum Gasteiger partial charge on any atom is -0.493 e. The number of anilines is 8. The maximum Gasteiger partial charge on any atom is 0.357 e. The second-order valence-corrected chi connectivity index (χ2v) is 49.5. The van der Waals surface area contributed by atoms with Crippen LogP contribution in [0.1, 0.15) is 213 Å². The normalized spacial score (nSPS) is 21.3. The molecule has 1 spiro atoms. The largest absolute Gasteiger partial charge is 0.493 e. The van der Waals surface area contributed by atoms with Crippen molar-refractivity contribution < 1.29 is 74.8 Å². The Balaban J connectivity index is 0.000000147. The van der Waals surface area contributed by atoms with Crippen LogP contribution in [0.3, 0.4) is 0 Å². The van der Waals surface area contributed by atoms with E-state index < -0.39 is 96.0 Å². The van der Waals surface area contributed by atoms with Gasteiger partial charge in [0.15, 0.2) is 17.5 Å². The van der Waals surface area contributed by atoms with Crippen LogP contribution < -0.4 is 45.0 Å². The lowest BCUT2D eigenvalue weighted by molar-refractivity contribution is 0.101. The number of nitrogens with one attached hydrogen (secondary N) is 9. The number of amides is 4. The monoisotopic (exact) mass is 2040 g/mol. The van der Waals surface area contributed by atoms with Crippen molar-refractivity contribution >= 4 is 153 Å². The minimum absolute atomic E-state index is 0.000738. The standard InChI is InChI=1S/C23H34N6O4S.C22H32ClN7O3S.C22H27N7O5S2.C21H26N6O5S2/c1-4-5-16-8-10-29(11-9-16)20-12-17(18-14-27(2)34(32,33)28(3)15-18)6-7-19(20)25-23(31)22-24-13-21(30)26-22;1-4-29-13-16(14-30(5-2)34(29,32)33)17-6-7-18(26-22(31)20-24-12-19(23)27-20)21(25-17)28-10-8-15(3)9-11-28;1-23-21-25-19(26-27-21)20(30)24-17-5-4-15(16-13-35(31,32)28-36(33,34)14-16)12-18(17)29-10-8-22(9-11-29)6-2-3-7-22;1-14-6-8-27(9-7-14)18-10-15(16-12-33(29,30)26(3)34(31,32)13-16)4-5-17(18)24-21(28)20-23-11-19(22-2)25-20/h6-7,12-13,16,18,30H,4-5,8-11,14-15H2,1-3H3,(H,24,26)(H,25,31);6-7,12,15-16H,4-5,8-11,13-14H2,1-3H3,(H,24,27)(H,26,31);4-5,12,16,28H,2-3,6-11,13-14H2,(H,24,30)(H,25,26,27);4-5,10-11,14,16H,6-9,12-13H2,1,3H3,(H,23,25)(H,24,28). The molecule has 1 aliphatic carbocycles. The van der Waals surface area contributed by atoms with Crippen LogP contribution in [0.4, 0.5) is 57.4 Å². The molecule has 746 valence electrons. The first-order valence-corrected chi connectivity index (χ1v) is 55.9. The Morgan fingerprint density at radius 2 is 0.949 bits per heavy atom. The van der Waals surface area contributed by atoms with Crippen LogP contribution in [-0.2, 0) is 60.5 Å². The Morgan fingerprint density at radius 3 is 1.41 bits per heavy atom. The number of sulfonamides is 4. The number of H-pyrrole nitrogens is 4.